The molecule has 0 aliphatic carbocycles. The zero-order valence-electron chi connectivity index (χ0n) is 15.6. The van der Waals surface area contributed by atoms with Gasteiger partial charge in [0.1, 0.15) is 0 Å². The number of benzene rings is 2. The lowest BCUT2D eigenvalue weighted by atomic mass is 9.96. The van der Waals surface area contributed by atoms with Crippen molar-refractivity contribution in [1.82, 2.24) is 0 Å². The first-order chi connectivity index (χ1) is 13.5. The van der Waals surface area contributed by atoms with E-state index in [2.05, 4.69) is 10.2 Å². The second-order valence-electron chi connectivity index (χ2n) is 6.78. The van der Waals surface area contributed by atoms with Crippen LogP contribution in [0.3, 0.4) is 0 Å². The fourth-order valence-electron chi connectivity index (χ4n) is 3.27. The van der Waals surface area contributed by atoms with Gasteiger partial charge >= 0.3 is 0 Å². The molecule has 1 saturated heterocycles. The second-order valence-corrected chi connectivity index (χ2v) is 8.39. The molecule has 2 aromatic carbocycles. The Labute approximate surface area is 174 Å². The third-order valence-corrected chi connectivity index (χ3v) is 6.09. The van der Waals surface area contributed by atoms with Gasteiger partial charge in [-0.3, -0.25) is 9.59 Å². The predicted octanol–water partition coefficient (Wildman–Crippen LogP) is 4.16. The zero-order valence-corrected chi connectivity index (χ0v) is 17.1. The van der Waals surface area contributed by atoms with Gasteiger partial charge in [0.2, 0.25) is 11.8 Å². The van der Waals surface area contributed by atoms with Crippen LogP contribution >= 0.6 is 23.4 Å². The van der Waals surface area contributed by atoms with Gasteiger partial charge < -0.3 is 16.0 Å². The van der Waals surface area contributed by atoms with Gasteiger partial charge in [0, 0.05) is 41.1 Å². The van der Waals surface area contributed by atoms with E-state index in [4.69, 9.17) is 17.3 Å². The minimum absolute atomic E-state index is 0.0130. The number of halogens is 1. The quantitative estimate of drug-likeness (QED) is 0.663. The van der Waals surface area contributed by atoms with Gasteiger partial charge in [-0.05, 0) is 49.2 Å². The molecule has 0 unspecified atom stereocenters. The minimum atomic E-state index is -0.223. The van der Waals surface area contributed by atoms with E-state index in [-0.39, 0.29) is 17.7 Å². The molecule has 2 aromatic rings. The van der Waals surface area contributed by atoms with Gasteiger partial charge in [0.15, 0.2) is 0 Å². The highest BCUT2D eigenvalue weighted by molar-refractivity contribution is 7.99. The smallest absolute Gasteiger partial charge is 0.225 e. The molecule has 3 N–H and O–H groups in total. The molecule has 148 valence electrons. The van der Waals surface area contributed by atoms with Crippen molar-refractivity contribution < 1.29 is 9.59 Å². The van der Waals surface area contributed by atoms with Crippen LogP contribution in [0.4, 0.5) is 11.4 Å². The molecule has 5 nitrogen and oxygen atoms in total. The number of rotatable bonds is 7. The molecule has 1 aliphatic heterocycles. The van der Waals surface area contributed by atoms with Crippen LogP contribution in [0.15, 0.2) is 53.4 Å². The van der Waals surface area contributed by atoms with Gasteiger partial charge in [0.05, 0.1) is 11.4 Å². The largest absolute Gasteiger partial charge is 0.370 e. The average molecular weight is 418 g/mol. The van der Waals surface area contributed by atoms with Crippen molar-refractivity contribution in [3.8, 4) is 0 Å². The Balaban J connectivity index is 1.53. The van der Waals surface area contributed by atoms with E-state index >= 15 is 0 Å². The van der Waals surface area contributed by atoms with Crippen molar-refractivity contribution in [3.63, 3.8) is 0 Å². The van der Waals surface area contributed by atoms with Crippen LogP contribution in [-0.4, -0.2) is 30.7 Å². The maximum Gasteiger partial charge on any atom is 0.225 e. The first-order valence-corrected chi connectivity index (χ1v) is 10.7. The third kappa shape index (κ3) is 5.66. The normalized spacial score (nSPS) is 14.7. The summed E-state index contributed by atoms with van der Waals surface area (Å²) in [6.45, 7) is 1.51. The standard InChI is InChI=1S/C21H24ClN3O2S/c22-16-5-7-17(8-6-16)28-14-11-20(26)24-18-3-1-2-4-19(18)25-12-9-15(10-13-25)21(23)27/h1-8,15H,9-14H2,(H2,23,27)(H,24,26). The fourth-order valence-corrected chi connectivity index (χ4v) is 4.24. The maximum atomic E-state index is 12.4. The number of nitrogens with one attached hydrogen (secondary N) is 1. The number of hydrogen-bond acceptors (Lipinski definition) is 4. The maximum absolute atomic E-state index is 12.4. The van der Waals surface area contributed by atoms with Crippen LogP contribution in [0.25, 0.3) is 0 Å². The van der Waals surface area contributed by atoms with Crippen molar-refractivity contribution in [2.24, 2.45) is 11.7 Å². The summed E-state index contributed by atoms with van der Waals surface area (Å²) in [5.41, 5.74) is 7.22. The molecule has 1 fully saturated rings. The number of carbonyl (C=O) groups is 2. The Kier molecular flexibility index (Phi) is 7.23. The summed E-state index contributed by atoms with van der Waals surface area (Å²) in [7, 11) is 0. The number of nitrogens with zero attached hydrogens (tertiary/aromatic N) is 1. The summed E-state index contributed by atoms with van der Waals surface area (Å²) in [4.78, 5) is 27.1. The Morgan fingerprint density at radius 3 is 2.46 bits per heavy atom. The number of primary amides is 1. The van der Waals surface area contributed by atoms with Crippen molar-refractivity contribution >= 4 is 46.6 Å². The van der Waals surface area contributed by atoms with Crippen LogP contribution in [0.2, 0.25) is 5.02 Å². The molecule has 3 rings (SSSR count). The molecule has 1 aliphatic rings. The number of thioether (sulfide) groups is 1. The van der Waals surface area contributed by atoms with E-state index in [1.165, 1.54) is 0 Å². The first-order valence-electron chi connectivity index (χ1n) is 9.34. The number of carbonyl (C=O) groups excluding carboxylic acids is 2. The summed E-state index contributed by atoms with van der Waals surface area (Å²) in [5.74, 6) is 0.405. The summed E-state index contributed by atoms with van der Waals surface area (Å²) < 4.78 is 0. The van der Waals surface area contributed by atoms with Crippen molar-refractivity contribution in [3.05, 3.63) is 53.6 Å². The second kappa shape index (κ2) is 9.85. The Hall–Kier alpha value is -2.18. The summed E-state index contributed by atoms with van der Waals surface area (Å²) >= 11 is 7.52. The SMILES string of the molecule is NC(=O)C1CCN(c2ccccc2NC(=O)CCSc2ccc(Cl)cc2)CC1. The molecule has 0 radical (unpaired) electrons. The third-order valence-electron chi connectivity index (χ3n) is 4.83. The van der Waals surface area contributed by atoms with E-state index in [1.54, 1.807) is 11.8 Å². The van der Waals surface area contributed by atoms with Gasteiger partial charge in [-0.1, -0.05) is 23.7 Å². The summed E-state index contributed by atoms with van der Waals surface area (Å²) in [5, 5.41) is 3.74. The lowest BCUT2D eigenvalue weighted by molar-refractivity contribution is -0.122. The molecular weight excluding hydrogens is 394 g/mol. The van der Waals surface area contributed by atoms with Crippen molar-refractivity contribution in [1.29, 1.82) is 0 Å². The zero-order chi connectivity index (χ0) is 19.9. The summed E-state index contributed by atoms with van der Waals surface area (Å²) in [6, 6.07) is 15.4. The van der Waals surface area contributed by atoms with E-state index < -0.39 is 0 Å². The minimum Gasteiger partial charge on any atom is -0.370 e. The monoisotopic (exact) mass is 417 g/mol. The van der Waals surface area contributed by atoms with Crippen LogP contribution in [0, 0.1) is 5.92 Å². The highest BCUT2D eigenvalue weighted by Crippen LogP contribution is 2.30. The van der Waals surface area contributed by atoms with Gasteiger partial charge in [-0.15, -0.1) is 11.8 Å². The molecular formula is C21H24ClN3O2S. The number of para-hydroxylation sites is 2. The number of anilines is 2. The molecule has 0 spiro atoms. The van der Waals surface area contributed by atoms with Crippen molar-refractivity contribution in [2.45, 2.75) is 24.2 Å². The van der Waals surface area contributed by atoms with Gasteiger partial charge in [-0.25, -0.2) is 0 Å². The lowest BCUT2D eigenvalue weighted by Crippen LogP contribution is -2.38. The molecule has 0 aromatic heterocycles. The average Bonchev–Trinajstić information content (AvgIpc) is 2.70. The molecule has 0 saturated carbocycles. The molecule has 28 heavy (non-hydrogen) atoms. The van der Waals surface area contributed by atoms with Crippen molar-refractivity contribution in [2.75, 3.05) is 29.1 Å². The Morgan fingerprint density at radius 1 is 1.11 bits per heavy atom. The highest BCUT2D eigenvalue weighted by atomic mass is 35.5. The number of piperidine rings is 1. The number of amides is 2. The molecule has 0 bridgehead atoms. The highest BCUT2D eigenvalue weighted by Gasteiger charge is 2.24. The van der Waals surface area contributed by atoms with E-state index in [0.29, 0.717) is 17.2 Å². The fraction of sp³-hybridized carbons (Fsp3) is 0.333. The molecule has 0 atom stereocenters. The van der Waals surface area contributed by atoms with Crippen LogP contribution in [0.1, 0.15) is 19.3 Å². The van der Waals surface area contributed by atoms with E-state index in [1.807, 2.05) is 48.5 Å². The predicted molar refractivity (Wildman–Crippen MR) is 116 cm³/mol. The van der Waals surface area contributed by atoms with Crippen LogP contribution in [-0.2, 0) is 9.59 Å². The topological polar surface area (TPSA) is 75.4 Å². The Bertz CT molecular complexity index is 821. The Morgan fingerprint density at radius 2 is 1.79 bits per heavy atom. The van der Waals surface area contributed by atoms with E-state index in [0.717, 1.165) is 42.2 Å². The van der Waals surface area contributed by atoms with Crippen LogP contribution in [0.5, 0.6) is 0 Å². The van der Waals surface area contributed by atoms with Gasteiger partial charge in [-0.2, -0.15) is 0 Å². The molecule has 2 amide bonds. The lowest BCUT2D eigenvalue weighted by Gasteiger charge is -2.33. The first kappa shape index (κ1) is 20.6. The number of hydrogen-bond donors (Lipinski definition) is 2. The molecule has 1 heterocycles. The molecule has 7 heteroatoms. The van der Waals surface area contributed by atoms with Gasteiger partial charge in [0.25, 0.3) is 0 Å². The van der Waals surface area contributed by atoms with Crippen LogP contribution < -0.4 is 16.0 Å². The summed E-state index contributed by atoms with van der Waals surface area (Å²) in [6.07, 6.45) is 1.91. The van der Waals surface area contributed by atoms with E-state index in [9.17, 15) is 9.59 Å². The number of nitrogens with two attached hydrogens (primary N) is 1.